The molecule has 5 heteroatoms. The molecule has 35 heavy (non-hydrogen) atoms. The predicted octanol–water partition coefficient (Wildman–Crippen LogP) is 5.79. The van der Waals surface area contributed by atoms with Crippen LogP contribution < -0.4 is 5.32 Å². The molecule has 0 bridgehead atoms. The van der Waals surface area contributed by atoms with Gasteiger partial charge >= 0.3 is 0 Å². The minimum absolute atomic E-state index is 0.0235. The van der Waals surface area contributed by atoms with Gasteiger partial charge in [-0.15, -0.1) is 11.8 Å². The zero-order valence-electron chi connectivity index (χ0n) is 20.4. The molecule has 3 aromatic carbocycles. The molecule has 3 aromatic rings. The Balaban J connectivity index is 1.61. The maximum atomic E-state index is 13.7. The predicted molar refractivity (Wildman–Crippen MR) is 143 cm³/mol. The molecule has 1 N–H and O–H groups in total. The summed E-state index contributed by atoms with van der Waals surface area (Å²) in [7, 11) is 0. The van der Waals surface area contributed by atoms with Crippen LogP contribution in [0.1, 0.15) is 42.4 Å². The fourth-order valence-electron chi connectivity index (χ4n) is 4.64. The average molecular weight is 487 g/mol. The molecular weight excluding hydrogens is 452 g/mol. The highest BCUT2D eigenvalue weighted by Gasteiger charge is 2.32. The van der Waals surface area contributed by atoms with Gasteiger partial charge < -0.3 is 10.2 Å². The van der Waals surface area contributed by atoms with E-state index in [2.05, 4.69) is 24.4 Å². The van der Waals surface area contributed by atoms with E-state index >= 15 is 0 Å². The van der Waals surface area contributed by atoms with Gasteiger partial charge in [0.1, 0.15) is 6.04 Å². The van der Waals surface area contributed by atoms with Crippen molar-refractivity contribution in [3.63, 3.8) is 0 Å². The minimum Gasteiger partial charge on any atom is -0.352 e. The van der Waals surface area contributed by atoms with Gasteiger partial charge in [0, 0.05) is 23.9 Å². The first-order valence-corrected chi connectivity index (χ1v) is 13.4. The molecule has 0 radical (unpaired) electrons. The van der Waals surface area contributed by atoms with Crippen LogP contribution in [0.5, 0.6) is 0 Å². The molecule has 0 spiro atoms. The number of rotatable bonds is 10. The van der Waals surface area contributed by atoms with Crippen LogP contribution in [0, 0.1) is 6.92 Å². The zero-order chi connectivity index (χ0) is 24.5. The maximum absolute atomic E-state index is 13.7. The molecule has 0 unspecified atom stereocenters. The summed E-state index contributed by atoms with van der Waals surface area (Å²) in [4.78, 5) is 30.3. The van der Waals surface area contributed by atoms with Crippen molar-refractivity contribution in [2.24, 2.45) is 0 Å². The van der Waals surface area contributed by atoms with Crippen LogP contribution in [0.3, 0.4) is 0 Å². The Morgan fingerprint density at radius 2 is 1.54 bits per heavy atom. The van der Waals surface area contributed by atoms with Gasteiger partial charge in [0.15, 0.2) is 0 Å². The second kappa shape index (κ2) is 12.6. The van der Waals surface area contributed by atoms with E-state index < -0.39 is 6.04 Å². The SMILES string of the molecule is Cc1ccccc1CN(C(=O)CSc1ccccc1)[C@H](Cc1ccccc1)C(=O)NC1CCCC1. The summed E-state index contributed by atoms with van der Waals surface area (Å²) in [6.45, 7) is 2.47. The molecule has 1 aliphatic rings. The first-order chi connectivity index (χ1) is 17.1. The van der Waals surface area contributed by atoms with Crippen LogP contribution >= 0.6 is 11.8 Å². The Bertz CT molecular complexity index is 1100. The Morgan fingerprint density at radius 1 is 0.914 bits per heavy atom. The Morgan fingerprint density at radius 3 is 2.23 bits per heavy atom. The fourth-order valence-corrected chi connectivity index (χ4v) is 5.44. The molecular formula is C30H34N2O2S. The number of benzene rings is 3. The number of nitrogens with zero attached hydrogens (tertiary/aromatic N) is 1. The standard InChI is InChI=1S/C30H34N2O2S/c1-23-12-8-9-15-25(23)21-32(29(33)22-35-27-18-6-3-7-19-27)28(20-24-13-4-2-5-14-24)30(34)31-26-16-10-11-17-26/h2-9,12-15,18-19,26,28H,10-11,16-17,20-22H2,1H3,(H,31,34)/t28-/m1/s1. The lowest BCUT2D eigenvalue weighted by Gasteiger charge is -2.32. The number of carbonyl (C=O) groups is 2. The van der Waals surface area contributed by atoms with Gasteiger partial charge in [-0.3, -0.25) is 9.59 Å². The van der Waals surface area contributed by atoms with Crippen LogP contribution in [0.4, 0.5) is 0 Å². The van der Waals surface area contributed by atoms with E-state index in [1.54, 1.807) is 4.90 Å². The highest BCUT2D eigenvalue weighted by molar-refractivity contribution is 8.00. The van der Waals surface area contributed by atoms with Crippen LogP contribution in [-0.2, 0) is 22.6 Å². The fraction of sp³-hybridized carbons (Fsp3) is 0.333. The van der Waals surface area contributed by atoms with Gasteiger partial charge in [-0.2, -0.15) is 0 Å². The zero-order valence-corrected chi connectivity index (χ0v) is 21.2. The van der Waals surface area contributed by atoms with Crippen molar-refractivity contribution in [1.82, 2.24) is 10.2 Å². The van der Waals surface area contributed by atoms with E-state index in [0.29, 0.717) is 13.0 Å². The molecule has 1 aliphatic carbocycles. The molecule has 2 amide bonds. The summed E-state index contributed by atoms with van der Waals surface area (Å²) >= 11 is 1.52. The molecule has 4 rings (SSSR count). The Kier molecular flexibility index (Phi) is 9.02. The first kappa shape index (κ1) is 25.1. The maximum Gasteiger partial charge on any atom is 0.243 e. The number of amides is 2. The van der Waals surface area contributed by atoms with Crippen LogP contribution in [0.25, 0.3) is 0 Å². The molecule has 0 saturated heterocycles. The second-order valence-corrected chi connectivity index (χ2v) is 10.3. The smallest absolute Gasteiger partial charge is 0.243 e. The molecule has 0 heterocycles. The van der Waals surface area contributed by atoms with Crippen molar-refractivity contribution in [3.8, 4) is 0 Å². The van der Waals surface area contributed by atoms with Gasteiger partial charge in [-0.1, -0.05) is 85.6 Å². The van der Waals surface area contributed by atoms with E-state index in [1.165, 1.54) is 11.8 Å². The van der Waals surface area contributed by atoms with Gasteiger partial charge in [0.25, 0.3) is 0 Å². The van der Waals surface area contributed by atoms with Crippen LogP contribution in [0.15, 0.2) is 89.8 Å². The number of hydrogen-bond donors (Lipinski definition) is 1. The van der Waals surface area contributed by atoms with E-state index in [4.69, 9.17) is 0 Å². The quantitative estimate of drug-likeness (QED) is 0.369. The third kappa shape index (κ3) is 7.22. The first-order valence-electron chi connectivity index (χ1n) is 12.5. The van der Waals surface area contributed by atoms with Crippen molar-refractivity contribution in [3.05, 3.63) is 102 Å². The summed E-state index contributed by atoms with van der Waals surface area (Å²) in [5.74, 6) is 0.217. The van der Waals surface area contributed by atoms with Crippen molar-refractivity contribution < 1.29 is 9.59 Å². The lowest BCUT2D eigenvalue weighted by atomic mass is 10.0. The van der Waals surface area contributed by atoms with Crippen LogP contribution in [-0.4, -0.2) is 34.6 Å². The van der Waals surface area contributed by atoms with E-state index in [9.17, 15) is 9.59 Å². The summed E-state index contributed by atoms with van der Waals surface area (Å²) < 4.78 is 0. The summed E-state index contributed by atoms with van der Waals surface area (Å²) in [5, 5.41) is 3.27. The number of carbonyl (C=O) groups excluding carboxylic acids is 2. The lowest BCUT2D eigenvalue weighted by molar-refractivity contribution is -0.139. The summed E-state index contributed by atoms with van der Waals surface area (Å²) in [5.41, 5.74) is 3.24. The molecule has 0 aromatic heterocycles. The second-order valence-electron chi connectivity index (χ2n) is 9.25. The minimum atomic E-state index is -0.568. The van der Waals surface area contributed by atoms with Gasteiger partial charge in [0.2, 0.25) is 11.8 Å². The van der Waals surface area contributed by atoms with Gasteiger partial charge in [0.05, 0.1) is 5.75 Å². The van der Waals surface area contributed by atoms with Crippen LogP contribution in [0.2, 0.25) is 0 Å². The van der Waals surface area contributed by atoms with Crippen molar-refractivity contribution >= 4 is 23.6 Å². The number of hydrogen-bond acceptors (Lipinski definition) is 3. The largest absolute Gasteiger partial charge is 0.352 e. The third-order valence-corrected chi connectivity index (χ3v) is 7.68. The highest BCUT2D eigenvalue weighted by atomic mass is 32.2. The van der Waals surface area contributed by atoms with Gasteiger partial charge in [-0.25, -0.2) is 0 Å². The summed E-state index contributed by atoms with van der Waals surface area (Å²) in [6.07, 6.45) is 4.81. The number of nitrogens with one attached hydrogen (secondary N) is 1. The topological polar surface area (TPSA) is 49.4 Å². The normalized spacial score (nSPS) is 14.4. The average Bonchev–Trinajstić information content (AvgIpc) is 3.40. The van der Waals surface area contributed by atoms with Gasteiger partial charge in [-0.05, 0) is 48.6 Å². The summed E-state index contributed by atoms with van der Waals surface area (Å²) in [6, 6.07) is 27.7. The Hall–Kier alpha value is -3.05. The number of aryl methyl sites for hydroxylation is 1. The van der Waals surface area contributed by atoms with E-state index in [0.717, 1.165) is 47.3 Å². The van der Waals surface area contributed by atoms with E-state index in [-0.39, 0.29) is 23.6 Å². The molecule has 0 aliphatic heterocycles. The Labute approximate surface area is 213 Å². The monoisotopic (exact) mass is 486 g/mol. The molecule has 182 valence electrons. The lowest BCUT2D eigenvalue weighted by Crippen LogP contribution is -2.52. The van der Waals surface area contributed by atoms with Crippen molar-refractivity contribution in [1.29, 1.82) is 0 Å². The van der Waals surface area contributed by atoms with Crippen molar-refractivity contribution in [2.75, 3.05) is 5.75 Å². The molecule has 1 saturated carbocycles. The molecule has 1 fully saturated rings. The number of thioether (sulfide) groups is 1. The highest BCUT2D eigenvalue weighted by Crippen LogP contribution is 2.23. The molecule has 4 nitrogen and oxygen atoms in total. The molecule has 1 atom stereocenters. The van der Waals surface area contributed by atoms with Crippen molar-refractivity contribution in [2.45, 2.75) is 62.6 Å². The third-order valence-electron chi connectivity index (χ3n) is 6.68. The van der Waals surface area contributed by atoms with E-state index in [1.807, 2.05) is 72.8 Å².